The fraction of sp³-hybridized carbons (Fsp3) is 0.667. The summed E-state index contributed by atoms with van der Waals surface area (Å²) in [5, 5.41) is 0. The minimum Gasteiger partial charge on any atom is -0.490 e. The number of unbranched alkanes of at least 4 members (excludes halogenated alkanes) is 7. The Morgan fingerprint density at radius 2 is 1.28 bits per heavy atom. The van der Waals surface area contributed by atoms with Gasteiger partial charge in [-0.25, -0.2) is 9.97 Å². The van der Waals surface area contributed by atoms with E-state index in [1.165, 1.54) is 44.9 Å². The molecule has 0 fully saturated rings. The predicted molar refractivity (Wildman–Crippen MR) is 147 cm³/mol. The van der Waals surface area contributed by atoms with E-state index in [0.29, 0.717) is 24.8 Å². The van der Waals surface area contributed by atoms with Crippen LogP contribution < -0.4 is 9.47 Å². The van der Waals surface area contributed by atoms with Crippen molar-refractivity contribution in [1.29, 1.82) is 0 Å². The van der Waals surface area contributed by atoms with Gasteiger partial charge in [0.1, 0.15) is 5.75 Å². The van der Waals surface area contributed by atoms with Crippen LogP contribution in [0.4, 0.5) is 0 Å². The topological polar surface area (TPSA) is 62.7 Å². The molecule has 1 atom stereocenters. The highest BCUT2D eigenvalue weighted by Gasteiger charge is 2.10. The number of benzene rings is 1. The molecule has 0 radical (unpaired) electrons. The zero-order valence-electron chi connectivity index (χ0n) is 22.9. The second-order valence-electron chi connectivity index (χ2n) is 9.26. The Morgan fingerprint density at radius 1 is 0.639 bits per heavy atom. The Morgan fingerprint density at radius 3 is 1.94 bits per heavy atom. The summed E-state index contributed by atoms with van der Waals surface area (Å²) < 4.78 is 23.3. The third kappa shape index (κ3) is 13.2. The lowest BCUT2D eigenvalue weighted by atomic mass is 10.1. The molecule has 6 nitrogen and oxygen atoms in total. The molecule has 6 heteroatoms. The summed E-state index contributed by atoms with van der Waals surface area (Å²) in [6.07, 6.45) is 17.3. The van der Waals surface area contributed by atoms with E-state index < -0.39 is 0 Å². The SMILES string of the molecule is CCCCCCCCCOCCCCOc1cnc(-c2ccc(OC(CCC)OCCC)cc2)nc1. The molecule has 0 aliphatic rings. The summed E-state index contributed by atoms with van der Waals surface area (Å²) in [7, 11) is 0. The van der Waals surface area contributed by atoms with Crippen LogP contribution in [0.1, 0.15) is 97.8 Å². The largest absolute Gasteiger partial charge is 0.490 e. The molecule has 0 N–H and O–H groups in total. The first-order chi connectivity index (χ1) is 17.8. The van der Waals surface area contributed by atoms with Crippen LogP contribution in [0.15, 0.2) is 36.7 Å². The van der Waals surface area contributed by atoms with Crippen molar-refractivity contribution in [1.82, 2.24) is 9.97 Å². The fourth-order valence-electron chi connectivity index (χ4n) is 3.79. The van der Waals surface area contributed by atoms with Gasteiger partial charge in [-0.1, -0.05) is 65.7 Å². The summed E-state index contributed by atoms with van der Waals surface area (Å²) in [6.45, 7) is 9.52. The Labute approximate surface area is 219 Å². The molecule has 1 heterocycles. The average molecular weight is 501 g/mol. The third-order valence-corrected chi connectivity index (χ3v) is 5.88. The highest BCUT2D eigenvalue weighted by atomic mass is 16.7. The minimum atomic E-state index is -0.204. The summed E-state index contributed by atoms with van der Waals surface area (Å²) in [5.74, 6) is 2.15. The first-order valence-electron chi connectivity index (χ1n) is 14.2. The Kier molecular flexibility index (Phi) is 16.6. The lowest BCUT2D eigenvalue weighted by molar-refractivity contribution is -0.0844. The molecule has 0 aliphatic heterocycles. The maximum absolute atomic E-state index is 5.99. The lowest BCUT2D eigenvalue weighted by Crippen LogP contribution is -2.20. The summed E-state index contributed by atoms with van der Waals surface area (Å²) >= 11 is 0. The van der Waals surface area contributed by atoms with E-state index in [4.69, 9.17) is 18.9 Å². The van der Waals surface area contributed by atoms with Gasteiger partial charge in [-0.05, 0) is 49.9 Å². The van der Waals surface area contributed by atoms with E-state index in [1.807, 2.05) is 24.3 Å². The lowest BCUT2D eigenvalue weighted by Gasteiger charge is -2.19. The molecular formula is C30H48N2O4. The molecule has 0 bridgehead atoms. The summed E-state index contributed by atoms with van der Waals surface area (Å²) in [6, 6.07) is 7.83. The van der Waals surface area contributed by atoms with Crippen LogP contribution in [0.3, 0.4) is 0 Å². The molecule has 36 heavy (non-hydrogen) atoms. The summed E-state index contributed by atoms with van der Waals surface area (Å²) in [5.41, 5.74) is 0.938. The molecule has 0 spiro atoms. The molecule has 0 saturated carbocycles. The predicted octanol–water partition coefficient (Wildman–Crippen LogP) is 8.00. The van der Waals surface area contributed by atoms with Crippen LogP contribution in [0, 0.1) is 0 Å². The Hall–Kier alpha value is -2.18. The van der Waals surface area contributed by atoms with Gasteiger partial charge in [0.25, 0.3) is 0 Å². The fourth-order valence-corrected chi connectivity index (χ4v) is 3.79. The Balaban J connectivity index is 1.60. The van der Waals surface area contributed by atoms with Crippen molar-refractivity contribution < 1.29 is 18.9 Å². The van der Waals surface area contributed by atoms with Crippen molar-refractivity contribution in [2.45, 2.75) is 104 Å². The van der Waals surface area contributed by atoms with E-state index in [-0.39, 0.29) is 6.29 Å². The normalized spacial score (nSPS) is 12.0. The Bertz CT molecular complexity index is 768. The van der Waals surface area contributed by atoms with Gasteiger partial charge in [-0.2, -0.15) is 0 Å². The van der Waals surface area contributed by atoms with Gasteiger partial charge in [0, 0.05) is 25.2 Å². The second-order valence-corrected chi connectivity index (χ2v) is 9.26. The average Bonchev–Trinajstić information content (AvgIpc) is 2.91. The minimum absolute atomic E-state index is 0.204. The van der Waals surface area contributed by atoms with Crippen molar-refractivity contribution in [2.75, 3.05) is 26.4 Å². The van der Waals surface area contributed by atoms with E-state index >= 15 is 0 Å². The van der Waals surface area contributed by atoms with Gasteiger partial charge in [0.15, 0.2) is 17.9 Å². The molecule has 0 saturated heterocycles. The standard InChI is InChI=1S/C30H48N2O4/c1-4-7-8-9-10-11-12-21-33-22-13-14-23-34-28-24-31-30(32-25-28)26-16-18-27(19-17-26)36-29(15-5-2)35-20-6-3/h16-19,24-25,29H,4-15,20-23H2,1-3H3. The molecule has 1 aromatic carbocycles. The number of aromatic nitrogens is 2. The number of hydrogen-bond donors (Lipinski definition) is 0. The van der Waals surface area contributed by atoms with Crippen molar-refractivity contribution in [2.24, 2.45) is 0 Å². The molecule has 2 rings (SSSR count). The van der Waals surface area contributed by atoms with Gasteiger partial charge >= 0.3 is 0 Å². The van der Waals surface area contributed by atoms with Gasteiger partial charge in [-0.15, -0.1) is 0 Å². The van der Waals surface area contributed by atoms with E-state index in [0.717, 1.165) is 56.6 Å². The monoisotopic (exact) mass is 500 g/mol. The molecule has 1 aromatic heterocycles. The van der Waals surface area contributed by atoms with Gasteiger partial charge in [0.05, 0.1) is 25.6 Å². The zero-order valence-corrected chi connectivity index (χ0v) is 22.9. The molecule has 202 valence electrons. The van der Waals surface area contributed by atoms with Gasteiger partial charge in [-0.3, -0.25) is 0 Å². The smallest absolute Gasteiger partial charge is 0.199 e. The van der Waals surface area contributed by atoms with Gasteiger partial charge in [0.2, 0.25) is 0 Å². The zero-order chi connectivity index (χ0) is 25.7. The van der Waals surface area contributed by atoms with Crippen molar-refractivity contribution in [3.63, 3.8) is 0 Å². The number of nitrogens with zero attached hydrogens (tertiary/aromatic N) is 2. The second kappa shape index (κ2) is 19.9. The van der Waals surface area contributed by atoms with Crippen LogP contribution in [0.2, 0.25) is 0 Å². The molecular weight excluding hydrogens is 452 g/mol. The number of ether oxygens (including phenoxy) is 4. The first-order valence-corrected chi connectivity index (χ1v) is 14.2. The quantitative estimate of drug-likeness (QED) is 0.121. The van der Waals surface area contributed by atoms with Crippen LogP contribution >= 0.6 is 0 Å². The van der Waals surface area contributed by atoms with E-state index in [9.17, 15) is 0 Å². The number of hydrogen-bond acceptors (Lipinski definition) is 6. The van der Waals surface area contributed by atoms with Crippen LogP contribution in [-0.2, 0) is 9.47 Å². The van der Waals surface area contributed by atoms with E-state index in [2.05, 4.69) is 30.7 Å². The molecule has 0 aliphatic carbocycles. The van der Waals surface area contributed by atoms with E-state index in [1.54, 1.807) is 12.4 Å². The summed E-state index contributed by atoms with van der Waals surface area (Å²) in [4.78, 5) is 8.93. The highest BCUT2D eigenvalue weighted by Crippen LogP contribution is 2.22. The molecule has 2 aromatic rings. The highest BCUT2D eigenvalue weighted by molar-refractivity contribution is 5.56. The maximum Gasteiger partial charge on any atom is 0.199 e. The molecule has 1 unspecified atom stereocenters. The maximum atomic E-state index is 5.99. The van der Waals surface area contributed by atoms with Gasteiger partial charge < -0.3 is 18.9 Å². The molecule has 0 amide bonds. The third-order valence-electron chi connectivity index (χ3n) is 5.88. The number of rotatable bonds is 22. The van der Waals surface area contributed by atoms with Crippen LogP contribution in [0.25, 0.3) is 11.4 Å². The van der Waals surface area contributed by atoms with Crippen molar-refractivity contribution in [3.8, 4) is 22.9 Å². The van der Waals surface area contributed by atoms with Crippen LogP contribution in [0.5, 0.6) is 11.5 Å². The van der Waals surface area contributed by atoms with Crippen molar-refractivity contribution in [3.05, 3.63) is 36.7 Å². The first kappa shape index (κ1) is 30.0. The van der Waals surface area contributed by atoms with Crippen LogP contribution in [-0.4, -0.2) is 42.7 Å². The van der Waals surface area contributed by atoms with Crippen molar-refractivity contribution >= 4 is 0 Å².